The Bertz CT molecular complexity index is 787. The van der Waals surface area contributed by atoms with Gasteiger partial charge in [0.1, 0.15) is 0 Å². The molecule has 0 aliphatic carbocycles. The molecule has 0 radical (unpaired) electrons. The van der Waals surface area contributed by atoms with Crippen molar-refractivity contribution in [3.05, 3.63) is 50.3 Å². The van der Waals surface area contributed by atoms with Gasteiger partial charge in [0.15, 0.2) is 0 Å². The standard InChI is InChI=1S/C17H16Cl2N2O2S/c18-13-2-1-10(7-14(13)19)12-9-20-17(22)16-11(12)8-15(24-16)21-3-5-23-6-4-21/h1-2,7-8,12H,3-6,9H2,(H,20,22). The molecule has 24 heavy (non-hydrogen) atoms. The maximum Gasteiger partial charge on any atom is 0.261 e. The van der Waals surface area contributed by atoms with Gasteiger partial charge in [0.2, 0.25) is 0 Å². The Morgan fingerprint density at radius 3 is 2.71 bits per heavy atom. The molecule has 4 nitrogen and oxygen atoms in total. The first-order valence-corrected chi connectivity index (χ1v) is 9.40. The van der Waals surface area contributed by atoms with E-state index < -0.39 is 0 Å². The Morgan fingerprint density at radius 1 is 1.17 bits per heavy atom. The SMILES string of the molecule is O=C1NCC(c2ccc(Cl)c(Cl)c2)c2cc(N3CCOCC3)sc21. The quantitative estimate of drug-likeness (QED) is 0.859. The molecular formula is C17H16Cl2N2O2S. The van der Waals surface area contributed by atoms with Crippen molar-refractivity contribution in [1.29, 1.82) is 0 Å². The summed E-state index contributed by atoms with van der Waals surface area (Å²) < 4.78 is 5.42. The second-order valence-corrected chi connectivity index (χ2v) is 7.75. The largest absolute Gasteiger partial charge is 0.378 e. The third-order valence-electron chi connectivity index (χ3n) is 4.46. The number of hydrogen-bond donors (Lipinski definition) is 1. The number of amides is 1. The lowest BCUT2D eigenvalue weighted by Gasteiger charge is -2.27. The summed E-state index contributed by atoms with van der Waals surface area (Å²) in [7, 11) is 0. The second kappa shape index (κ2) is 6.56. The lowest BCUT2D eigenvalue weighted by molar-refractivity contribution is 0.0947. The molecule has 0 bridgehead atoms. The Kier molecular flexibility index (Phi) is 4.43. The van der Waals surface area contributed by atoms with Crippen LogP contribution in [-0.4, -0.2) is 38.8 Å². The normalized spacial score (nSPS) is 20.7. The number of halogens is 2. The number of hydrogen-bond acceptors (Lipinski definition) is 4. The number of rotatable bonds is 2. The summed E-state index contributed by atoms with van der Waals surface area (Å²) >= 11 is 13.8. The smallest absolute Gasteiger partial charge is 0.261 e. The number of carbonyl (C=O) groups excluding carboxylic acids is 1. The van der Waals surface area contributed by atoms with Gasteiger partial charge in [-0.15, -0.1) is 11.3 Å². The van der Waals surface area contributed by atoms with E-state index in [1.54, 1.807) is 11.3 Å². The fraction of sp³-hybridized carbons (Fsp3) is 0.353. The van der Waals surface area contributed by atoms with Crippen molar-refractivity contribution in [2.75, 3.05) is 37.7 Å². The average molecular weight is 383 g/mol. The lowest BCUT2D eigenvalue weighted by Crippen LogP contribution is -2.35. The van der Waals surface area contributed by atoms with Crippen molar-refractivity contribution in [1.82, 2.24) is 5.32 Å². The van der Waals surface area contributed by atoms with E-state index in [4.69, 9.17) is 27.9 Å². The number of benzene rings is 1. The molecule has 126 valence electrons. The molecule has 1 unspecified atom stereocenters. The van der Waals surface area contributed by atoms with Gasteiger partial charge < -0.3 is 15.0 Å². The molecule has 0 spiro atoms. The summed E-state index contributed by atoms with van der Waals surface area (Å²) in [6, 6.07) is 7.83. The zero-order valence-corrected chi connectivity index (χ0v) is 15.2. The predicted octanol–water partition coefficient (Wildman–Crippen LogP) is 3.77. The van der Waals surface area contributed by atoms with E-state index in [-0.39, 0.29) is 11.8 Å². The number of nitrogens with one attached hydrogen (secondary N) is 1. The van der Waals surface area contributed by atoms with Gasteiger partial charge in [0.25, 0.3) is 5.91 Å². The Morgan fingerprint density at radius 2 is 1.96 bits per heavy atom. The first kappa shape index (κ1) is 16.2. The summed E-state index contributed by atoms with van der Waals surface area (Å²) in [5.41, 5.74) is 2.14. The minimum Gasteiger partial charge on any atom is -0.378 e. The number of ether oxygens (including phenoxy) is 1. The van der Waals surface area contributed by atoms with Gasteiger partial charge in [-0.1, -0.05) is 29.3 Å². The predicted molar refractivity (Wildman–Crippen MR) is 98.0 cm³/mol. The molecule has 1 atom stereocenters. The average Bonchev–Trinajstić information content (AvgIpc) is 3.05. The van der Waals surface area contributed by atoms with Gasteiger partial charge >= 0.3 is 0 Å². The van der Waals surface area contributed by atoms with Crippen molar-refractivity contribution >= 4 is 45.4 Å². The highest BCUT2D eigenvalue weighted by atomic mass is 35.5. The minimum atomic E-state index is 0.00539. The lowest BCUT2D eigenvalue weighted by atomic mass is 9.89. The first-order chi connectivity index (χ1) is 11.6. The van der Waals surface area contributed by atoms with Crippen LogP contribution in [0, 0.1) is 0 Å². The van der Waals surface area contributed by atoms with Crippen LogP contribution in [0.25, 0.3) is 0 Å². The van der Waals surface area contributed by atoms with E-state index in [2.05, 4.69) is 16.3 Å². The maximum absolute atomic E-state index is 12.3. The number of carbonyl (C=O) groups is 1. The second-order valence-electron chi connectivity index (χ2n) is 5.90. The molecule has 2 aliphatic rings. The minimum absolute atomic E-state index is 0.00539. The first-order valence-electron chi connectivity index (χ1n) is 7.83. The Balaban J connectivity index is 1.72. The summed E-state index contributed by atoms with van der Waals surface area (Å²) in [5.74, 6) is 0.101. The van der Waals surface area contributed by atoms with Gasteiger partial charge in [-0.25, -0.2) is 0 Å². The molecule has 1 amide bonds. The number of morpholine rings is 1. The summed E-state index contributed by atoms with van der Waals surface area (Å²) in [5, 5.41) is 5.20. The summed E-state index contributed by atoms with van der Waals surface area (Å²) in [6.45, 7) is 3.75. The molecule has 3 heterocycles. The van der Waals surface area contributed by atoms with Crippen LogP contribution >= 0.6 is 34.5 Å². The fourth-order valence-corrected chi connectivity index (χ4v) is 4.68. The molecule has 4 rings (SSSR count). The highest BCUT2D eigenvalue weighted by molar-refractivity contribution is 7.18. The van der Waals surface area contributed by atoms with Gasteiger partial charge in [-0.2, -0.15) is 0 Å². The van der Waals surface area contributed by atoms with Gasteiger partial charge in [-0.05, 0) is 29.3 Å². The van der Waals surface area contributed by atoms with Crippen LogP contribution in [-0.2, 0) is 4.74 Å². The number of anilines is 1. The van der Waals surface area contributed by atoms with Crippen LogP contribution in [0.3, 0.4) is 0 Å². The van der Waals surface area contributed by atoms with Crippen molar-refractivity contribution in [3.8, 4) is 0 Å². The monoisotopic (exact) mass is 382 g/mol. The highest BCUT2D eigenvalue weighted by Crippen LogP contribution is 2.40. The van der Waals surface area contributed by atoms with Crippen LogP contribution < -0.4 is 10.2 Å². The molecule has 1 saturated heterocycles. The fourth-order valence-electron chi connectivity index (χ4n) is 3.18. The highest BCUT2D eigenvalue weighted by Gasteiger charge is 2.30. The molecule has 7 heteroatoms. The number of fused-ring (bicyclic) bond motifs is 1. The van der Waals surface area contributed by atoms with Crippen LogP contribution in [0.1, 0.15) is 26.7 Å². The van der Waals surface area contributed by atoms with E-state index >= 15 is 0 Å². The Labute approximate surface area is 154 Å². The third kappa shape index (κ3) is 2.90. The van der Waals surface area contributed by atoms with Crippen LogP contribution in [0.2, 0.25) is 10.0 Å². The van der Waals surface area contributed by atoms with Crippen molar-refractivity contribution in [2.45, 2.75) is 5.92 Å². The maximum atomic E-state index is 12.3. The summed E-state index contributed by atoms with van der Waals surface area (Å²) in [4.78, 5) is 15.4. The molecule has 1 N–H and O–H groups in total. The summed E-state index contributed by atoms with van der Waals surface area (Å²) in [6.07, 6.45) is 0. The van der Waals surface area contributed by atoms with Crippen molar-refractivity contribution < 1.29 is 9.53 Å². The number of nitrogens with zero attached hydrogens (tertiary/aromatic N) is 1. The molecule has 2 aliphatic heterocycles. The molecule has 1 aromatic carbocycles. The van der Waals surface area contributed by atoms with E-state index in [1.165, 1.54) is 0 Å². The molecule has 1 aromatic heterocycles. The van der Waals surface area contributed by atoms with Gasteiger partial charge in [0.05, 0.1) is 33.1 Å². The third-order valence-corrected chi connectivity index (χ3v) is 6.41. The van der Waals surface area contributed by atoms with E-state index in [9.17, 15) is 4.79 Å². The van der Waals surface area contributed by atoms with Crippen molar-refractivity contribution in [3.63, 3.8) is 0 Å². The zero-order chi connectivity index (χ0) is 16.7. The van der Waals surface area contributed by atoms with E-state index in [0.29, 0.717) is 16.6 Å². The van der Waals surface area contributed by atoms with Crippen LogP contribution in [0.5, 0.6) is 0 Å². The molecule has 1 fully saturated rings. The topological polar surface area (TPSA) is 41.6 Å². The van der Waals surface area contributed by atoms with Gasteiger partial charge in [0, 0.05) is 25.6 Å². The Hall–Kier alpha value is -1.27. The molecule has 2 aromatic rings. The van der Waals surface area contributed by atoms with E-state index in [0.717, 1.165) is 47.3 Å². The zero-order valence-electron chi connectivity index (χ0n) is 12.9. The van der Waals surface area contributed by atoms with Crippen LogP contribution in [0.15, 0.2) is 24.3 Å². The van der Waals surface area contributed by atoms with E-state index in [1.807, 2.05) is 18.2 Å². The van der Waals surface area contributed by atoms with Crippen LogP contribution in [0.4, 0.5) is 5.00 Å². The molecular weight excluding hydrogens is 367 g/mol. The molecule has 0 saturated carbocycles. The van der Waals surface area contributed by atoms with Crippen molar-refractivity contribution in [2.24, 2.45) is 0 Å². The van der Waals surface area contributed by atoms with Gasteiger partial charge in [-0.3, -0.25) is 4.79 Å². The number of thiophene rings is 1.